The van der Waals surface area contributed by atoms with Gasteiger partial charge in [0.2, 0.25) is 5.91 Å². The van der Waals surface area contributed by atoms with E-state index in [-0.39, 0.29) is 17.9 Å². The fourth-order valence-electron chi connectivity index (χ4n) is 2.60. The van der Waals surface area contributed by atoms with Gasteiger partial charge in [-0.2, -0.15) is 9.90 Å². The Kier molecular flexibility index (Phi) is 4.02. The van der Waals surface area contributed by atoms with Gasteiger partial charge in [-0.25, -0.2) is 0 Å². The number of aryl methyl sites for hydroxylation is 2. The summed E-state index contributed by atoms with van der Waals surface area (Å²) in [6.07, 6.45) is 1.16. The minimum atomic E-state index is -0.195. The lowest BCUT2D eigenvalue weighted by Crippen LogP contribution is -2.39. The van der Waals surface area contributed by atoms with E-state index in [1.807, 2.05) is 39.4 Å². The molecule has 0 unspecified atom stereocenters. The van der Waals surface area contributed by atoms with Gasteiger partial charge in [0.15, 0.2) is 11.6 Å². The second kappa shape index (κ2) is 5.88. The number of rotatable bonds is 4. The van der Waals surface area contributed by atoms with Crippen molar-refractivity contribution in [3.05, 3.63) is 11.5 Å². The molecule has 0 aromatic carbocycles. The molecule has 0 radical (unpaired) electrons. The maximum Gasteiger partial charge on any atom is 0.248 e. The maximum atomic E-state index is 12.4. The van der Waals surface area contributed by atoms with E-state index >= 15 is 0 Å². The molecule has 0 bridgehead atoms. The minimum absolute atomic E-state index is 0.0247. The molecule has 1 aliphatic rings. The molecule has 3 rings (SSSR count). The van der Waals surface area contributed by atoms with Crippen molar-refractivity contribution in [1.82, 2.24) is 30.0 Å². The van der Waals surface area contributed by atoms with Crippen molar-refractivity contribution in [2.75, 3.05) is 23.3 Å². The van der Waals surface area contributed by atoms with E-state index in [0.29, 0.717) is 5.82 Å². The molecule has 1 amide bonds. The third-order valence-corrected chi connectivity index (χ3v) is 4.02. The summed E-state index contributed by atoms with van der Waals surface area (Å²) in [5.41, 5.74) is 1.37. The molecule has 9 heteroatoms. The van der Waals surface area contributed by atoms with Gasteiger partial charge in [0.05, 0.1) is 5.69 Å². The predicted octanol–water partition coefficient (Wildman–Crippen LogP) is 0.861. The molecular formula is C15H24N8O. The van der Waals surface area contributed by atoms with Gasteiger partial charge in [0.1, 0.15) is 12.2 Å². The Morgan fingerprint density at radius 1 is 1.25 bits per heavy atom. The normalized spacial score (nSPS) is 14.6. The Bertz CT molecular complexity index is 750. The van der Waals surface area contributed by atoms with E-state index in [0.717, 1.165) is 36.7 Å². The number of anilines is 2. The Hall–Kier alpha value is -2.45. The van der Waals surface area contributed by atoms with Crippen LogP contribution in [0.1, 0.15) is 38.7 Å². The fraction of sp³-hybridized carbons (Fsp3) is 0.667. The van der Waals surface area contributed by atoms with E-state index in [2.05, 4.69) is 30.7 Å². The van der Waals surface area contributed by atoms with E-state index in [1.165, 1.54) is 4.80 Å². The molecule has 130 valence electrons. The molecule has 1 fully saturated rings. The minimum Gasteiger partial charge on any atom is -0.355 e. The van der Waals surface area contributed by atoms with E-state index in [4.69, 9.17) is 0 Å². The highest BCUT2D eigenvalue weighted by Gasteiger charge is 2.25. The van der Waals surface area contributed by atoms with Crippen LogP contribution in [0.3, 0.4) is 0 Å². The van der Waals surface area contributed by atoms with Crippen molar-refractivity contribution in [1.29, 1.82) is 0 Å². The average molecular weight is 332 g/mol. The van der Waals surface area contributed by atoms with Crippen LogP contribution in [-0.2, 0) is 23.8 Å². The summed E-state index contributed by atoms with van der Waals surface area (Å²) in [6, 6.07) is 0. The quantitative estimate of drug-likeness (QED) is 0.892. The summed E-state index contributed by atoms with van der Waals surface area (Å²) in [5.74, 6) is 1.38. The Morgan fingerprint density at radius 2 is 1.96 bits per heavy atom. The first-order chi connectivity index (χ1) is 11.3. The van der Waals surface area contributed by atoms with Gasteiger partial charge in [0, 0.05) is 25.6 Å². The molecule has 9 nitrogen and oxygen atoms in total. The van der Waals surface area contributed by atoms with Crippen LogP contribution in [-0.4, -0.2) is 49.0 Å². The highest BCUT2D eigenvalue weighted by Crippen LogP contribution is 2.31. The molecule has 1 saturated heterocycles. The van der Waals surface area contributed by atoms with E-state index in [1.54, 1.807) is 0 Å². The lowest BCUT2D eigenvalue weighted by molar-refractivity contribution is -0.117. The largest absolute Gasteiger partial charge is 0.355 e. The molecule has 2 aromatic rings. The molecule has 3 heterocycles. The van der Waals surface area contributed by atoms with Gasteiger partial charge in [0.25, 0.3) is 0 Å². The third kappa shape index (κ3) is 3.10. The van der Waals surface area contributed by atoms with Crippen LogP contribution in [0.4, 0.5) is 11.5 Å². The second-order valence-corrected chi connectivity index (χ2v) is 7.19. The standard InChI is InChI=1S/C15H24N8O/c1-10-12(13(21(5)18-10)22-7-6-8-22)16-11(24)9-23-19-14(17-20-23)15(2,3)4/h6-9H2,1-5H3,(H,16,24). The van der Waals surface area contributed by atoms with E-state index < -0.39 is 0 Å². The van der Waals surface area contributed by atoms with Crippen molar-refractivity contribution in [2.45, 2.75) is 46.1 Å². The lowest BCUT2D eigenvalue weighted by atomic mass is 9.96. The van der Waals surface area contributed by atoms with Crippen molar-refractivity contribution >= 4 is 17.4 Å². The summed E-state index contributed by atoms with van der Waals surface area (Å²) in [6.45, 7) is 9.91. The average Bonchev–Trinajstić information content (AvgIpc) is 2.97. The number of carbonyl (C=O) groups is 1. The second-order valence-electron chi connectivity index (χ2n) is 7.19. The summed E-state index contributed by atoms with van der Waals surface area (Å²) in [5, 5.41) is 19.6. The molecule has 1 N–H and O–H groups in total. The number of nitrogens with zero attached hydrogens (tertiary/aromatic N) is 7. The van der Waals surface area contributed by atoms with Gasteiger partial charge < -0.3 is 10.2 Å². The molecule has 0 aliphatic carbocycles. The molecular weight excluding hydrogens is 308 g/mol. The first-order valence-corrected chi connectivity index (χ1v) is 8.12. The zero-order valence-corrected chi connectivity index (χ0v) is 14.9. The van der Waals surface area contributed by atoms with Gasteiger partial charge in [-0.15, -0.1) is 10.2 Å². The summed E-state index contributed by atoms with van der Waals surface area (Å²) < 4.78 is 1.82. The van der Waals surface area contributed by atoms with Gasteiger partial charge in [-0.05, 0) is 18.6 Å². The van der Waals surface area contributed by atoms with E-state index in [9.17, 15) is 4.79 Å². The first-order valence-electron chi connectivity index (χ1n) is 8.12. The highest BCUT2D eigenvalue weighted by atomic mass is 16.2. The number of amides is 1. The summed E-state index contributed by atoms with van der Waals surface area (Å²) in [4.78, 5) is 15.9. The Labute approximate surface area is 141 Å². The predicted molar refractivity (Wildman–Crippen MR) is 89.9 cm³/mol. The lowest BCUT2D eigenvalue weighted by Gasteiger charge is -2.33. The van der Waals surface area contributed by atoms with Gasteiger partial charge in [-0.1, -0.05) is 20.8 Å². The Morgan fingerprint density at radius 3 is 2.50 bits per heavy atom. The highest BCUT2D eigenvalue weighted by molar-refractivity contribution is 5.94. The van der Waals surface area contributed by atoms with Gasteiger partial charge in [-0.3, -0.25) is 9.48 Å². The van der Waals surface area contributed by atoms with Crippen molar-refractivity contribution in [3.63, 3.8) is 0 Å². The molecule has 0 spiro atoms. The third-order valence-electron chi connectivity index (χ3n) is 4.02. The number of tetrazole rings is 1. The van der Waals surface area contributed by atoms with Crippen LogP contribution in [0.5, 0.6) is 0 Å². The van der Waals surface area contributed by atoms with Crippen LogP contribution in [0.25, 0.3) is 0 Å². The molecule has 0 saturated carbocycles. The Balaban J connectivity index is 1.72. The van der Waals surface area contributed by atoms with Crippen LogP contribution in [0, 0.1) is 6.92 Å². The van der Waals surface area contributed by atoms with Crippen molar-refractivity contribution < 1.29 is 4.79 Å². The first kappa shape index (κ1) is 16.4. The van der Waals surface area contributed by atoms with Crippen molar-refractivity contribution in [2.24, 2.45) is 7.05 Å². The maximum absolute atomic E-state index is 12.4. The zero-order valence-electron chi connectivity index (χ0n) is 14.9. The SMILES string of the molecule is Cc1nn(C)c(N2CCC2)c1NC(=O)Cn1nnc(C(C)(C)C)n1. The van der Waals surface area contributed by atoms with Crippen molar-refractivity contribution in [3.8, 4) is 0 Å². The smallest absolute Gasteiger partial charge is 0.248 e. The van der Waals surface area contributed by atoms with Crippen LogP contribution >= 0.6 is 0 Å². The number of aromatic nitrogens is 6. The fourth-order valence-corrected chi connectivity index (χ4v) is 2.60. The van der Waals surface area contributed by atoms with Crippen LogP contribution < -0.4 is 10.2 Å². The van der Waals surface area contributed by atoms with Crippen LogP contribution in [0.15, 0.2) is 0 Å². The summed E-state index contributed by atoms with van der Waals surface area (Å²) in [7, 11) is 1.89. The van der Waals surface area contributed by atoms with Crippen LogP contribution in [0.2, 0.25) is 0 Å². The number of hydrogen-bond acceptors (Lipinski definition) is 6. The number of carbonyl (C=O) groups excluding carboxylic acids is 1. The van der Waals surface area contributed by atoms with Gasteiger partial charge >= 0.3 is 0 Å². The monoisotopic (exact) mass is 332 g/mol. The molecule has 24 heavy (non-hydrogen) atoms. The summed E-state index contributed by atoms with van der Waals surface area (Å²) >= 11 is 0. The zero-order chi connectivity index (χ0) is 17.5. The molecule has 1 aliphatic heterocycles. The number of hydrogen-bond donors (Lipinski definition) is 1. The number of nitrogens with one attached hydrogen (secondary N) is 1. The molecule has 0 atom stereocenters. The topological polar surface area (TPSA) is 93.8 Å². The molecule has 2 aromatic heterocycles.